The normalized spacial score (nSPS) is 23.9. The Labute approximate surface area is 112 Å². The second kappa shape index (κ2) is 5.80. The fourth-order valence-corrected chi connectivity index (χ4v) is 3.00. The molecule has 1 aromatic rings. The molecule has 1 atom stereocenters. The Kier molecular flexibility index (Phi) is 4.35. The van der Waals surface area contributed by atoms with Crippen LogP contribution in [0.2, 0.25) is 0 Å². The summed E-state index contributed by atoms with van der Waals surface area (Å²) >= 11 is 1.67. The van der Waals surface area contributed by atoms with E-state index < -0.39 is 5.54 Å². The number of hydrogen-bond donors (Lipinski definition) is 2. The summed E-state index contributed by atoms with van der Waals surface area (Å²) in [5, 5.41) is 7.30. The van der Waals surface area contributed by atoms with Crippen molar-refractivity contribution in [3.05, 3.63) is 16.1 Å². The molecule has 1 aliphatic rings. The molecule has 2 rings (SSSR count). The highest BCUT2D eigenvalue weighted by molar-refractivity contribution is 7.11. The summed E-state index contributed by atoms with van der Waals surface area (Å²) in [5.41, 5.74) is -0.400. The van der Waals surface area contributed by atoms with Gasteiger partial charge >= 0.3 is 0 Å². The van der Waals surface area contributed by atoms with Crippen molar-refractivity contribution in [1.82, 2.24) is 15.6 Å². The van der Waals surface area contributed by atoms with Crippen LogP contribution < -0.4 is 10.6 Å². The predicted molar refractivity (Wildman–Crippen MR) is 73.6 cm³/mol. The molecule has 18 heavy (non-hydrogen) atoms. The second-order valence-corrected chi connectivity index (χ2v) is 6.17. The fourth-order valence-electron chi connectivity index (χ4n) is 2.19. The van der Waals surface area contributed by atoms with E-state index in [1.807, 2.05) is 13.1 Å². The van der Waals surface area contributed by atoms with Gasteiger partial charge in [-0.2, -0.15) is 0 Å². The van der Waals surface area contributed by atoms with E-state index in [4.69, 9.17) is 0 Å². The second-order valence-electron chi connectivity index (χ2n) is 4.97. The summed E-state index contributed by atoms with van der Waals surface area (Å²) < 4.78 is 0. The molecule has 2 N–H and O–H groups in total. The maximum Gasteiger partial charge on any atom is 0.240 e. The van der Waals surface area contributed by atoms with E-state index in [2.05, 4.69) is 22.5 Å². The fraction of sp³-hybridized carbons (Fsp3) is 0.692. The first-order chi connectivity index (χ1) is 8.64. The topological polar surface area (TPSA) is 54.0 Å². The van der Waals surface area contributed by atoms with Crippen molar-refractivity contribution in [2.45, 2.75) is 51.6 Å². The van der Waals surface area contributed by atoms with Gasteiger partial charge in [0.25, 0.3) is 0 Å². The smallest absolute Gasteiger partial charge is 0.240 e. The minimum Gasteiger partial charge on any atom is -0.348 e. The Hall–Kier alpha value is -0.940. The molecule has 0 bridgehead atoms. The van der Waals surface area contributed by atoms with E-state index in [1.165, 1.54) is 4.88 Å². The third-order valence-corrected chi connectivity index (χ3v) is 4.61. The Morgan fingerprint density at radius 3 is 3.06 bits per heavy atom. The van der Waals surface area contributed by atoms with Gasteiger partial charge in [0.15, 0.2) is 0 Å². The van der Waals surface area contributed by atoms with Gasteiger partial charge < -0.3 is 10.6 Å². The van der Waals surface area contributed by atoms with Crippen molar-refractivity contribution < 1.29 is 4.79 Å². The Morgan fingerprint density at radius 2 is 2.44 bits per heavy atom. The maximum absolute atomic E-state index is 12.2. The molecule has 100 valence electrons. The molecule has 0 spiro atoms. The van der Waals surface area contributed by atoms with Crippen LogP contribution in [0, 0.1) is 0 Å². The summed E-state index contributed by atoms with van der Waals surface area (Å²) in [4.78, 5) is 17.7. The number of nitrogens with one attached hydrogen (secondary N) is 2. The molecule has 5 heteroatoms. The summed E-state index contributed by atoms with van der Waals surface area (Å²) in [6.07, 6.45) is 6.10. The van der Waals surface area contributed by atoms with Crippen LogP contribution >= 0.6 is 11.3 Å². The van der Waals surface area contributed by atoms with Gasteiger partial charge in [0.05, 0.1) is 12.1 Å². The lowest BCUT2D eigenvalue weighted by Crippen LogP contribution is -2.56. The minimum atomic E-state index is -0.400. The number of thiazole rings is 1. The molecule has 1 aliphatic heterocycles. The summed E-state index contributed by atoms with van der Waals surface area (Å²) in [6.45, 7) is 5.58. The van der Waals surface area contributed by atoms with Crippen LogP contribution in [0.1, 0.15) is 43.0 Å². The van der Waals surface area contributed by atoms with E-state index in [1.54, 1.807) is 11.3 Å². The number of hydrogen-bond acceptors (Lipinski definition) is 4. The number of piperidine rings is 1. The molecule has 0 saturated carbocycles. The number of carbonyl (C=O) groups is 1. The molecule has 1 aromatic heterocycles. The third-order valence-electron chi connectivity index (χ3n) is 3.47. The SMILES string of the molecule is CCc1cnc(CNC(=O)C2(C)CCCCN2)s1. The molecular formula is C13H21N3OS. The Bertz CT molecular complexity index is 410. The van der Waals surface area contributed by atoms with E-state index in [-0.39, 0.29) is 5.91 Å². The van der Waals surface area contributed by atoms with Crippen LogP contribution in [0.3, 0.4) is 0 Å². The van der Waals surface area contributed by atoms with Crippen molar-refractivity contribution >= 4 is 17.2 Å². The van der Waals surface area contributed by atoms with Crippen LogP contribution in [-0.2, 0) is 17.8 Å². The van der Waals surface area contributed by atoms with Gasteiger partial charge in [0, 0.05) is 11.1 Å². The molecule has 2 heterocycles. The van der Waals surface area contributed by atoms with E-state index in [9.17, 15) is 4.79 Å². The zero-order valence-electron chi connectivity index (χ0n) is 11.1. The van der Waals surface area contributed by atoms with Crippen molar-refractivity contribution in [1.29, 1.82) is 0 Å². The van der Waals surface area contributed by atoms with Gasteiger partial charge in [-0.1, -0.05) is 6.92 Å². The van der Waals surface area contributed by atoms with Crippen LogP contribution in [0.5, 0.6) is 0 Å². The third kappa shape index (κ3) is 3.09. The first-order valence-electron chi connectivity index (χ1n) is 6.61. The quantitative estimate of drug-likeness (QED) is 0.875. The van der Waals surface area contributed by atoms with Crippen molar-refractivity contribution in [3.63, 3.8) is 0 Å². The molecule has 1 amide bonds. The van der Waals surface area contributed by atoms with Gasteiger partial charge in [0.2, 0.25) is 5.91 Å². The van der Waals surface area contributed by atoms with Crippen LogP contribution in [0.25, 0.3) is 0 Å². The number of amides is 1. The Morgan fingerprint density at radius 1 is 1.61 bits per heavy atom. The first kappa shape index (κ1) is 13.5. The lowest BCUT2D eigenvalue weighted by Gasteiger charge is -2.33. The van der Waals surface area contributed by atoms with Crippen LogP contribution in [0.15, 0.2) is 6.20 Å². The minimum absolute atomic E-state index is 0.0930. The number of carbonyl (C=O) groups excluding carboxylic acids is 1. The Balaban J connectivity index is 1.87. The van der Waals surface area contributed by atoms with Gasteiger partial charge in [-0.3, -0.25) is 4.79 Å². The molecule has 0 radical (unpaired) electrons. The van der Waals surface area contributed by atoms with E-state index in [0.29, 0.717) is 6.54 Å². The lowest BCUT2D eigenvalue weighted by atomic mass is 9.90. The number of aryl methyl sites for hydroxylation is 1. The van der Waals surface area contributed by atoms with E-state index >= 15 is 0 Å². The molecule has 0 aromatic carbocycles. The highest BCUT2D eigenvalue weighted by Gasteiger charge is 2.33. The van der Waals surface area contributed by atoms with Crippen molar-refractivity contribution in [2.24, 2.45) is 0 Å². The van der Waals surface area contributed by atoms with Gasteiger partial charge in [0.1, 0.15) is 5.01 Å². The molecule has 4 nitrogen and oxygen atoms in total. The zero-order valence-corrected chi connectivity index (χ0v) is 11.9. The number of rotatable bonds is 4. The molecule has 1 unspecified atom stereocenters. The van der Waals surface area contributed by atoms with Crippen LogP contribution in [0.4, 0.5) is 0 Å². The highest BCUT2D eigenvalue weighted by Crippen LogP contribution is 2.19. The molecule has 1 fully saturated rings. The maximum atomic E-state index is 12.2. The van der Waals surface area contributed by atoms with Gasteiger partial charge in [-0.05, 0) is 39.2 Å². The number of nitrogens with zero attached hydrogens (tertiary/aromatic N) is 1. The largest absolute Gasteiger partial charge is 0.348 e. The van der Waals surface area contributed by atoms with Crippen molar-refractivity contribution in [2.75, 3.05) is 6.54 Å². The molecule has 1 saturated heterocycles. The first-order valence-corrected chi connectivity index (χ1v) is 7.42. The standard InChI is InChI=1S/C13H21N3OS/c1-3-10-8-14-11(18-10)9-15-12(17)13(2)6-4-5-7-16-13/h8,16H,3-7,9H2,1-2H3,(H,15,17). The average molecular weight is 267 g/mol. The molecule has 0 aliphatic carbocycles. The highest BCUT2D eigenvalue weighted by atomic mass is 32.1. The monoisotopic (exact) mass is 267 g/mol. The summed E-state index contributed by atoms with van der Waals surface area (Å²) in [5.74, 6) is 0.0930. The van der Waals surface area contributed by atoms with Crippen molar-refractivity contribution in [3.8, 4) is 0 Å². The van der Waals surface area contributed by atoms with Gasteiger partial charge in [-0.25, -0.2) is 4.98 Å². The average Bonchev–Trinajstić information content (AvgIpc) is 2.84. The predicted octanol–water partition coefficient (Wildman–Crippen LogP) is 1.85. The molecular weight excluding hydrogens is 246 g/mol. The van der Waals surface area contributed by atoms with Gasteiger partial charge in [-0.15, -0.1) is 11.3 Å². The lowest BCUT2D eigenvalue weighted by molar-refractivity contribution is -0.128. The summed E-state index contributed by atoms with van der Waals surface area (Å²) in [7, 11) is 0. The van der Waals surface area contributed by atoms with E-state index in [0.717, 1.165) is 37.2 Å². The number of aromatic nitrogens is 1. The summed E-state index contributed by atoms with van der Waals surface area (Å²) in [6, 6.07) is 0. The zero-order chi connectivity index (χ0) is 13.0. The van der Waals surface area contributed by atoms with Crippen LogP contribution in [-0.4, -0.2) is 23.0 Å².